The molecule has 3 nitrogen and oxygen atoms in total. The first-order valence-corrected chi connectivity index (χ1v) is 4.85. The largest absolute Gasteiger partial charge is 0.391 e. The van der Waals surface area contributed by atoms with Gasteiger partial charge in [-0.2, -0.15) is 0 Å². The van der Waals surface area contributed by atoms with Crippen molar-refractivity contribution in [1.82, 2.24) is 0 Å². The summed E-state index contributed by atoms with van der Waals surface area (Å²) < 4.78 is 0. The lowest BCUT2D eigenvalue weighted by molar-refractivity contribution is -0.654. The zero-order chi connectivity index (χ0) is 10.2. The first kappa shape index (κ1) is 10.9. The summed E-state index contributed by atoms with van der Waals surface area (Å²) in [5.74, 6) is 0.166. The van der Waals surface area contributed by atoms with Crippen LogP contribution in [0.2, 0.25) is 0 Å². The van der Waals surface area contributed by atoms with Gasteiger partial charge in [0.1, 0.15) is 0 Å². The maximum Gasteiger partial charge on any atom is 0.168 e. The van der Waals surface area contributed by atoms with Gasteiger partial charge in [0.05, 0.1) is 26.1 Å². The smallest absolute Gasteiger partial charge is 0.168 e. The Morgan fingerprint density at radius 3 is 2.57 bits per heavy atom. The molecule has 3 heteroatoms. The van der Waals surface area contributed by atoms with Gasteiger partial charge >= 0.3 is 0 Å². The number of hydrogen-bond acceptors (Lipinski definition) is 2. The summed E-state index contributed by atoms with van der Waals surface area (Å²) in [4.78, 5) is 11.5. The molecule has 1 rings (SSSR count). The van der Waals surface area contributed by atoms with Crippen LogP contribution in [0.1, 0.15) is 16.8 Å². The minimum Gasteiger partial charge on any atom is -0.391 e. The van der Waals surface area contributed by atoms with Crippen molar-refractivity contribution in [2.24, 2.45) is 0 Å². The first-order valence-electron chi connectivity index (χ1n) is 4.85. The Bertz CT molecular complexity index is 272. The van der Waals surface area contributed by atoms with Crippen molar-refractivity contribution in [2.75, 3.05) is 19.7 Å². The molecular formula is C11H16NO2+. The Morgan fingerprint density at radius 1 is 1.21 bits per heavy atom. The normalized spacial score (nSPS) is 10.1. The summed E-state index contributed by atoms with van der Waals surface area (Å²) in [6, 6.07) is 9.28. The summed E-state index contributed by atoms with van der Waals surface area (Å²) in [5.41, 5.74) is 0.768. The lowest BCUT2D eigenvalue weighted by Gasteiger charge is -1.99. The molecule has 0 aliphatic heterocycles. The van der Waals surface area contributed by atoms with Crippen LogP contribution in [-0.4, -0.2) is 30.6 Å². The van der Waals surface area contributed by atoms with Crippen LogP contribution in [0.3, 0.4) is 0 Å². The van der Waals surface area contributed by atoms with E-state index in [9.17, 15) is 4.79 Å². The molecule has 0 atom stereocenters. The van der Waals surface area contributed by atoms with Gasteiger partial charge in [-0.05, 0) is 0 Å². The van der Waals surface area contributed by atoms with Gasteiger partial charge < -0.3 is 10.4 Å². The van der Waals surface area contributed by atoms with Gasteiger partial charge in [0.2, 0.25) is 0 Å². The number of nitrogens with two attached hydrogens (primary N) is 1. The highest BCUT2D eigenvalue weighted by atomic mass is 16.3. The number of aliphatic hydroxyl groups is 1. The molecular weight excluding hydrogens is 178 g/mol. The Morgan fingerprint density at radius 2 is 1.93 bits per heavy atom. The molecule has 76 valence electrons. The molecule has 0 heterocycles. The second-order valence-corrected chi connectivity index (χ2v) is 3.13. The van der Waals surface area contributed by atoms with Crippen molar-refractivity contribution >= 4 is 5.78 Å². The molecule has 3 N–H and O–H groups in total. The molecule has 0 fully saturated rings. The van der Waals surface area contributed by atoms with E-state index in [2.05, 4.69) is 0 Å². The van der Waals surface area contributed by atoms with Crippen LogP contribution in [0.4, 0.5) is 0 Å². The molecule has 0 aliphatic rings. The van der Waals surface area contributed by atoms with Gasteiger partial charge in [-0.25, -0.2) is 0 Å². The van der Waals surface area contributed by atoms with Crippen LogP contribution >= 0.6 is 0 Å². The minimum absolute atomic E-state index is 0.166. The molecule has 0 bridgehead atoms. The SMILES string of the molecule is O=C(CC[NH2+]CCO)c1ccccc1. The minimum atomic E-state index is 0.166. The van der Waals surface area contributed by atoms with Gasteiger partial charge in [-0.1, -0.05) is 30.3 Å². The van der Waals surface area contributed by atoms with Gasteiger partial charge in [0.25, 0.3) is 0 Å². The second-order valence-electron chi connectivity index (χ2n) is 3.13. The maximum absolute atomic E-state index is 11.5. The predicted octanol–water partition coefficient (Wildman–Crippen LogP) is -0.185. The van der Waals surface area contributed by atoms with Gasteiger partial charge in [-0.3, -0.25) is 4.79 Å². The van der Waals surface area contributed by atoms with Crippen LogP contribution in [0, 0.1) is 0 Å². The molecule has 0 radical (unpaired) electrons. The van der Waals surface area contributed by atoms with E-state index in [0.717, 1.165) is 12.1 Å². The van der Waals surface area contributed by atoms with Crippen molar-refractivity contribution in [2.45, 2.75) is 6.42 Å². The van der Waals surface area contributed by atoms with Crippen LogP contribution in [0.15, 0.2) is 30.3 Å². The third kappa shape index (κ3) is 3.68. The fourth-order valence-electron chi connectivity index (χ4n) is 1.24. The number of benzene rings is 1. The number of carbonyl (C=O) groups is 1. The fourth-order valence-corrected chi connectivity index (χ4v) is 1.24. The summed E-state index contributed by atoms with van der Waals surface area (Å²) in [6.07, 6.45) is 0.532. The quantitative estimate of drug-likeness (QED) is 0.487. The number of Topliss-reactive ketones (excluding diaryl/α,β-unsaturated/α-hetero) is 1. The molecule has 1 aromatic rings. The Balaban J connectivity index is 2.29. The van der Waals surface area contributed by atoms with Crippen molar-refractivity contribution in [3.05, 3.63) is 35.9 Å². The number of carbonyl (C=O) groups excluding carboxylic acids is 1. The van der Waals surface area contributed by atoms with E-state index in [1.165, 1.54) is 0 Å². The number of aliphatic hydroxyl groups excluding tert-OH is 1. The number of rotatable bonds is 6. The maximum atomic E-state index is 11.5. The third-order valence-electron chi connectivity index (χ3n) is 2.00. The zero-order valence-electron chi connectivity index (χ0n) is 8.15. The number of hydrogen-bond donors (Lipinski definition) is 2. The summed E-state index contributed by atoms with van der Waals surface area (Å²) >= 11 is 0. The lowest BCUT2D eigenvalue weighted by Crippen LogP contribution is -2.85. The van der Waals surface area contributed by atoms with Crippen molar-refractivity contribution < 1.29 is 15.2 Å². The highest BCUT2D eigenvalue weighted by Crippen LogP contribution is 2.01. The van der Waals surface area contributed by atoms with Gasteiger partial charge in [0.15, 0.2) is 5.78 Å². The van der Waals surface area contributed by atoms with Crippen molar-refractivity contribution in [3.8, 4) is 0 Å². The first-order chi connectivity index (χ1) is 6.84. The monoisotopic (exact) mass is 194 g/mol. The molecule has 0 spiro atoms. The molecule has 0 unspecified atom stereocenters. The van der Waals surface area contributed by atoms with E-state index in [4.69, 9.17) is 5.11 Å². The van der Waals surface area contributed by atoms with Crippen molar-refractivity contribution in [3.63, 3.8) is 0 Å². The van der Waals surface area contributed by atoms with Crippen molar-refractivity contribution in [1.29, 1.82) is 0 Å². The van der Waals surface area contributed by atoms with Crippen LogP contribution < -0.4 is 5.32 Å². The molecule has 1 aromatic carbocycles. The predicted molar refractivity (Wildman–Crippen MR) is 54.1 cm³/mol. The molecule has 0 saturated heterocycles. The summed E-state index contributed by atoms with van der Waals surface area (Å²) in [7, 11) is 0. The Labute approximate surface area is 83.8 Å². The Kier molecular flexibility index (Phi) is 4.89. The van der Waals surface area contributed by atoms with E-state index in [0.29, 0.717) is 13.0 Å². The van der Waals surface area contributed by atoms with Gasteiger partial charge in [-0.15, -0.1) is 0 Å². The zero-order valence-corrected chi connectivity index (χ0v) is 8.15. The van der Waals surface area contributed by atoms with E-state index < -0.39 is 0 Å². The molecule has 0 aromatic heterocycles. The van der Waals surface area contributed by atoms with E-state index in [-0.39, 0.29) is 12.4 Å². The average Bonchev–Trinajstić information content (AvgIpc) is 2.25. The van der Waals surface area contributed by atoms with E-state index >= 15 is 0 Å². The second kappa shape index (κ2) is 6.29. The van der Waals surface area contributed by atoms with E-state index in [1.807, 2.05) is 35.6 Å². The van der Waals surface area contributed by atoms with Crippen LogP contribution in [0.25, 0.3) is 0 Å². The number of quaternary nitrogens is 1. The summed E-state index contributed by atoms with van der Waals surface area (Å²) in [5, 5.41) is 10.5. The lowest BCUT2D eigenvalue weighted by atomic mass is 10.1. The van der Waals surface area contributed by atoms with Crippen LogP contribution in [-0.2, 0) is 0 Å². The fraction of sp³-hybridized carbons (Fsp3) is 0.364. The average molecular weight is 194 g/mol. The molecule has 0 saturated carbocycles. The standard InChI is InChI=1S/C11H15NO2/c13-9-8-12-7-6-11(14)10-4-2-1-3-5-10/h1-5,12-13H,6-9H2/p+1. The van der Waals surface area contributed by atoms with E-state index in [1.54, 1.807) is 0 Å². The van der Waals surface area contributed by atoms with Gasteiger partial charge in [0, 0.05) is 5.56 Å². The molecule has 0 aliphatic carbocycles. The third-order valence-corrected chi connectivity index (χ3v) is 2.00. The number of ketones is 1. The summed E-state index contributed by atoms with van der Waals surface area (Å²) in [6.45, 7) is 1.58. The highest BCUT2D eigenvalue weighted by Gasteiger charge is 2.04. The highest BCUT2D eigenvalue weighted by molar-refractivity contribution is 5.95. The molecule has 14 heavy (non-hydrogen) atoms. The Hall–Kier alpha value is -1.19. The topological polar surface area (TPSA) is 53.9 Å². The molecule has 0 amide bonds. The van der Waals surface area contributed by atoms with Crippen LogP contribution in [0.5, 0.6) is 0 Å².